The number of thioether (sulfide) groups is 1. The number of halogens is 1. The molecule has 9 heteroatoms. The van der Waals surface area contributed by atoms with E-state index in [0.717, 1.165) is 11.8 Å². The van der Waals surface area contributed by atoms with E-state index in [1.54, 1.807) is 18.2 Å². The van der Waals surface area contributed by atoms with Crippen molar-refractivity contribution in [1.29, 1.82) is 0 Å². The number of nitrogens with zero attached hydrogens (tertiary/aromatic N) is 2. The molecule has 0 spiro atoms. The number of oxazole rings is 1. The van der Waals surface area contributed by atoms with Crippen molar-refractivity contribution < 1.29 is 18.7 Å². The van der Waals surface area contributed by atoms with Crippen LogP contribution < -0.4 is 5.32 Å². The topological polar surface area (TPSA) is 94.3 Å². The highest BCUT2D eigenvalue weighted by molar-refractivity contribution is 7.99. The first-order chi connectivity index (χ1) is 12.5. The summed E-state index contributed by atoms with van der Waals surface area (Å²) in [6.45, 7) is 1.48. The molecule has 134 valence electrons. The third kappa shape index (κ3) is 4.74. The maximum Gasteiger partial charge on any atom is 0.317 e. The van der Waals surface area contributed by atoms with E-state index in [0.29, 0.717) is 27.2 Å². The van der Waals surface area contributed by atoms with E-state index < -0.39 is 18.0 Å². The molecule has 2 heterocycles. The third-order valence-corrected chi connectivity index (χ3v) is 4.27. The summed E-state index contributed by atoms with van der Waals surface area (Å²) in [4.78, 5) is 32.1. The second-order valence-electron chi connectivity index (χ2n) is 5.22. The molecule has 26 heavy (non-hydrogen) atoms. The highest BCUT2D eigenvalue weighted by Gasteiger charge is 2.19. The number of fused-ring (bicyclic) bond motifs is 1. The monoisotopic (exact) mass is 391 g/mol. The van der Waals surface area contributed by atoms with Gasteiger partial charge in [-0.3, -0.25) is 9.59 Å². The van der Waals surface area contributed by atoms with Gasteiger partial charge in [-0.15, -0.1) is 0 Å². The molecule has 3 rings (SSSR count). The summed E-state index contributed by atoms with van der Waals surface area (Å²) < 4.78 is 10.6. The van der Waals surface area contributed by atoms with Crippen LogP contribution in [0.3, 0.4) is 0 Å². The van der Waals surface area contributed by atoms with Gasteiger partial charge < -0.3 is 14.5 Å². The molecule has 0 unspecified atom stereocenters. The Kier molecular flexibility index (Phi) is 5.75. The van der Waals surface area contributed by atoms with Gasteiger partial charge in [0.05, 0.1) is 5.02 Å². The van der Waals surface area contributed by atoms with Crippen molar-refractivity contribution in [3.63, 3.8) is 0 Å². The fourth-order valence-electron chi connectivity index (χ4n) is 2.00. The number of carbonyl (C=O) groups excluding carboxylic acids is 2. The number of ether oxygens (including phenoxy) is 1. The molecule has 0 aliphatic carbocycles. The standard InChI is InChI=1S/C17H14ClN3O4S/c1-10(16(23)21-14-7-6-11(18)8-19-14)24-15(22)9-26-17-20-12-4-2-3-5-13(12)25-17/h2-8,10H,9H2,1H3,(H,19,21,23)/t10-/m0/s1. The summed E-state index contributed by atoms with van der Waals surface area (Å²) in [6, 6.07) is 10.4. The van der Waals surface area contributed by atoms with Crippen LogP contribution in [0.4, 0.5) is 5.82 Å². The van der Waals surface area contributed by atoms with E-state index in [9.17, 15) is 9.59 Å². The predicted molar refractivity (Wildman–Crippen MR) is 98.2 cm³/mol. The molecule has 7 nitrogen and oxygen atoms in total. The highest BCUT2D eigenvalue weighted by atomic mass is 35.5. The van der Waals surface area contributed by atoms with E-state index in [1.165, 1.54) is 13.1 Å². The fraction of sp³-hybridized carbons (Fsp3) is 0.176. The van der Waals surface area contributed by atoms with Gasteiger partial charge in [-0.2, -0.15) is 0 Å². The third-order valence-electron chi connectivity index (χ3n) is 3.24. The van der Waals surface area contributed by atoms with Crippen LogP contribution in [0.15, 0.2) is 52.2 Å². The summed E-state index contributed by atoms with van der Waals surface area (Å²) in [5, 5.41) is 3.37. The SMILES string of the molecule is C[C@H](OC(=O)CSc1nc2ccccc2o1)C(=O)Nc1ccc(Cl)cn1. The quantitative estimate of drug-likeness (QED) is 0.507. The number of rotatable bonds is 6. The number of anilines is 1. The first-order valence-corrected chi connectivity index (χ1v) is 8.98. The van der Waals surface area contributed by atoms with Crippen molar-refractivity contribution in [2.24, 2.45) is 0 Å². The van der Waals surface area contributed by atoms with Crippen molar-refractivity contribution in [2.75, 3.05) is 11.1 Å². The lowest BCUT2D eigenvalue weighted by atomic mass is 10.3. The summed E-state index contributed by atoms with van der Waals surface area (Å²) >= 11 is 6.83. The first kappa shape index (κ1) is 18.2. The number of aromatic nitrogens is 2. The van der Waals surface area contributed by atoms with Gasteiger partial charge in [-0.1, -0.05) is 35.5 Å². The minimum absolute atomic E-state index is 0.0242. The Morgan fingerprint density at radius 2 is 2.12 bits per heavy atom. The molecule has 0 aliphatic rings. The first-order valence-electron chi connectivity index (χ1n) is 7.61. The molecule has 0 saturated carbocycles. The van der Waals surface area contributed by atoms with Crippen molar-refractivity contribution in [1.82, 2.24) is 9.97 Å². The molecule has 1 aromatic carbocycles. The zero-order valence-electron chi connectivity index (χ0n) is 13.6. The number of amides is 1. The second-order valence-corrected chi connectivity index (χ2v) is 6.58. The van der Waals surface area contributed by atoms with Gasteiger partial charge in [0.15, 0.2) is 11.7 Å². The molecule has 0 bridgehead atoms. The fourth-order valence-corrected chi connectivity index (χ4v) is 2.73. The smallest absolute Gasteiger partial charge is 0.317 e. The zero-order valence-corrected chi connectivity index (χ0v) is 15.2. The maximum atomic E-state index is 12.0. The molecule has 1 N–H and O–H groups in total. The van der Waals surface area contributed by atoms with Crippen molar-refractivity contribution in [2.45, 2.75) is 18.3 Å². The molecule has 0 fully saturated rings. The van der Waals surface area contributed by atoms with E-state index in [2.05, 4.69) is 15.3 Å². The summed E-state index contributed by atoms with van der Waals surface area (Å²) in [5.41, 5.74) is 1.36. The molecule has 0 saturated heterocycles. The lowest BCUT2D eigenvalue weighted by molar-refractivity contribution is -0.150. The Morgan fingerprint density at radius 3 is 2.85 bits per heavy atom. The zero-order chi connectivity index (χ0) is 18.5. The number of hydrogen-bond donors (Lipinski definition) is 1. The number of hydrogen-bond acceptors (Lipinski definition) is 7. The summed E-state index contributed by atoms with van der Waals surface area (Å²) in [5.74, 6) is -0.740. The molecular weight excluding hydrogens is 378 g/mol. The van der Waals surface area contributed by atoms with Crippen LogP contribution in [-0.2, 0) is 14.3 Å². The van der Waals surface area contributed by atoms with Crippen molar-refractivity contribution in [3.8, 4) is 0 Å². The highest BCUT2D eigenvalue weighted by Crippen LogP contribution is 2.23. The average molecular weight is 392 g/mol. The van der Waals surface area contributed by atoms with Crippen LogP contribution in [0.25, 0.3) is 11.1 Å². The molecule has 1 atom stereocenters. The van der Waals surface area contributed by atoms with Crippen LogP contribution in [0, 0.1) is 0 Å². The van der Waals surface area contributed by atoms with E-state index >= 15 is 0 Å². The van der Waals surface area contributed by atoms with Crippen LogP contribution in [0.1, 0.15) is 6.92 Å². The lowest BCUT2D eigenvalue weighted by Gasteiger charge is -2.12. The Morgan fingerprint density at radius 1 is 1.31 bits per heavy atom. The van der Waals surface area contributed by atoms with Gasteiger partial charge in [-0.05, 0) is 31.2 Å². The molecular formula is C17H14ClN3O4S. The predicted octanol–water partition coefficient (Wildman–Crippen LogP) is 3.54. The number of para-hydroxylation sites is 2. The van der Waals surface area contributed by atoms with E-state index in [-0.39, 0.29) is 5.75 Å². The van der Waals surface area contributed by atoms with Crippen LogP contribution in [-0.4, -0.2) is 33.7 Å². The van der Waals surface area contributed by atoms with Gasteiger partial charge in [0.25, 0.3) is 11.1 Å². The van der Waals surface area contributed by atoms with E-state index in [4.69, 9.17) is 20.8 Å². The van der Waals surface area contributed by atoms with Crippen molar-refractivity contribution in [3.05, 3.63) is 47.6 Å². The Hall–Kier alpha value is -2.58. The van der Waals surface area contributed by atoms with Gasteiger partial charge in [0.2, 0.25) is 0 Å². The number of carbonyl (C=O) groups is 2. The minimum Gasteiger partial charge on any atom is -0.452 e. The summed E-state index contributed by atoms with van der Waals surface area (Å²) in [6.07, 6.45) is 0.439. The maximum absolute atomic E-state index is 12.0. The van der Waals surface area contributed by atoms with Gasteiger partial charge in [0, 0.05) is 6.20 Å². The van der Waals surface area contributed by atoms with Gasteiger partial charge in [0.1, 0.15) is 17.1 Å². The van der Waals surface area contributed by atoms with Gasteiger partial charge in [-0.25, -0.2) is 9.97 Å². The number of benzene rings is 1. The molecule has 0 radical (unpaired) electrons. The molecule has 0 aliphatic heterocycles. The van der Waals surface area contributed by atoms with Crippen LogP contribution >= 0.6 is 23.4 Å². The van der Waals surface area contributed by atoms with E-state index in [1.807, 2.05) is 18.2 Å². The second kappa shape index (κ2) is 8.20. The Balaban J connectivity index is 1.48. The van der Waals surface area contributed by atoms with Crippen molar-refractivity contribution >= 4 is 52.2 Å². The number of esters is 1. The molecule has 2 aromatic heterocycles. The van der Waals surface area contributed by atoms with Crippen LogP contribution in [0.5, 0.6) is 0 Å². The van der Waals surface area contributed by atoms with Crippen LogP contribution in [0.2, 0.25) is 5.02 Å². The number of nitrogens with one attached hydrogen (secondary N) is 1. The molecule has 1 amide bonds. The van der Waals surface area contributed by atoms with Gasteiger partial charge >= 0.3 is 5.97 Å². The summed E-state index contributed by atoms with van der Waals surface area (Å²) in [7, 11) is 0. The molecule has 3 aromatic rings. The minimum atomic E-state index is -0.968. The largest absolute Gasteiger partial charge is 0.452 e. The number of pyridine rings is 1. The normalized spacial score (nSPS) is 11.9. The Bertz CT molecular complexity index is 896. The Labute approximate surface area is 158 Å². The lowest BCUT2D eigenvalue weighted by Crippen LogP contribution is -2.30. The average Bonchev–Trinajstić information content (AvgIpc) is 3.05.